The number of ether oxygens (including phenoxy) is 10. The highest BCUT2D eigenvalue weighted by Gasteiger charge is 2.71. The highest BCUT2D eigenvalue weighted by molar-refractivity contribution is 5.27. The zero-order chi connectivity index (χ0) is 53.2. The molecule has 0 aromatic rings. The summed E-state index contributed by atoms with van der Waals surface area (Å²) in [5.74, 6) is -0.284. The number of hydrogen-bond acceptors (Lipinski definition) is 23. The minimum absolute atomic E-state index is 0.0620. The van der Waals surface area contributed by atoms with E-state index in [2.05, 4.69) is 26.8 Å². The van der Waals surface area contributed by atoms with E-state index in [4.69, 9.17) is 47.4 Å². The second kappa shape index (κ2) is 21.0. The summed E-state index contributed by atoms with van der Waals surface area (Å²) >= 11 is 0. The van der Waals surface area contributed by atoms with Gasteiger partial charge in [0, 0.05) is 11.8 Å². The Bertz CT molecular complexity index is 1990. The molecule has 4 aliphatic carbocycles. The second-order valence-electron chi connectivity index (χ2n) is 24.0. The van der Waals surface area contributed by atoms with Gasteiger partial charge in [0.2, 0.25) is 0 Å². The van der Waals surface area contributed by atoms with Gasteiger partial charge in [0.1, 0.15) is 91.6 Å². The summed E-state index contributed by atoms with van der Waals surface area (Å²) in [6.07, 6.45) is -26.8. The Kier molecular flexibility index (Phi) is 16.0. The van der Waals surface area contributed by atoms with Crippen molar-refractivity contribution in [1.82, 2.24) is 0 Å². The molecule has 13 N–H and O–H groups in total. The molecule has 10 aliphatic rings. The van der Waals surface area contributed by atoms with Gasteiger partial charge in [0.25, 0.3) is 0 Å². The van der Waals surface area contributed by atoms with Gasteiger partial charge in [-0.05, 0) is 93.3 Å². The molecule has 424 valence electrons. The van der Waals surface area contributed by atoms with E-state index >= 15 is 0 Å². The third kappa shape index (κ3) is 9.10. The molecule has 6 saturated heterocycles. The van der Waals surface area contributed by atoms with E-state index in [-0.39, 0.29) is 34.7 Å². The molecule has 33 atom stereocenters. The van der Waals surface area contributed by atoms with Crippen molar-refractivity contribution in [3.05, 3.63) is 11.6 Å². The van der Waals surface area contributed by atoms with Crippen LogP contribution in [0.25, 0.3) is 0 Å². The fraction of sp³-hybridized carbons (Fsp3) is 0.961. The van der Waals surface area contributed by atoms with Gasteiger partial charge in [0.05, 0.1) is 50.3 Å². The van der Waals surface area contributed by atoms with Gasteiger partial charge in [-0.25, -0.2) is 0 Å². The van der Waals surface area contributed by atoms with E-state index in [9.17, 15) is 66.4 Å². The lowest BCUT2D eigenvalue weighted by Gasteiger charge is -2.59. The van der Waals surface area contributed by atoms with Gasteiger partial charge in [-0.3, -0.25) is 0 Å². The smallest absolute Gasteiger partial charge is 0.200 e. The molecule has 0 amide bonds. The molecule has 74 heavy (non-hydrogen) atoms. The van der Waals surface area contributed by atoms with Crippen LogP contribution in [0.2, 0.25) is 0 Å². The number of aliphatic hydroxyl groups excluding tert-OH is 13. The molecular formula is C51H82O23. The summed E-state index contributed by atoms with van der Waals surface area (Å²) in [6.45, 7) is 10.4. The molecule has 6 aliphatic heterocycles. The summed E-state index contributed by atoms with van der Waals surface area (Å²) < 4.78 is 61.9. The maximum Gasteiger partial charge on any atom is 0.200 e. The monoisotopic (exact) mass is 1060 g/mol. The Labute approximate surface area is 430 Å². The SMILES string of the molecule is C[C@@H]1CO[C@@]2(O[C@@H]3C[C@@H]4[C@H]5CC=C6C[C@H](O[C@@H]7O[C@H](CO)[C@@H](O)[C@H](O[C@@H]8O[C@@H](C)[C@H](O[C@@H]9O[C@H](CO)[C@@H](O)[C@H](O)[C@H]9O)[C@@H](O)[C@H]8O)[C@H]7O[C@@H]7O[C@@H](C)[C@H](O)[C@@H](O)[C@H]7O)CC[C@@]6(C)[C@@H]5CC[C@@]4(C)[C@@H]3[C@H]2C)[C@H](O)[C@@H]1O. The van der Waals surface area contributed by atoms with Gasteiger partial charge in [-0.15, -0.1) is 0 Å². The summed E-state index contributed by atoms with van der Waals surface area (Å²) in [4.78, 5) is 0. The molecule has 0 aromatic carbocycles. The van der Waals surface area contributed by atoms with Crippen LogP contribution in [0.5, 0.6) is 0 Å². The molecule has 9 fully saturated rings. The van der Waals surface area contributed by atoms with Crippen LogP contribution >= 0.6 is 0 Å². The van der Waals surface area contributed by atoms with E-state index in [0.717, 1.165) is 32.1 Å². The van der Waals surface area contributed by atoms with Crippen molar-refractivity contribution in [2.24, 2.45) is 46.3 Å². The van der Waals surface area contributed by atoms with E-state index < -0.39 is 160 Å². The molecule has 0 aromatic heterocycles. The molecule has 10 rings (SSSR count). The zero-order valence-corrected chi connectivity index (χ0v) is 42.9. The zero-order valence-electron chi connectivity index (χ0n) is 42.9. The summed E-state index contributed by atoms with van der Waals surface area (Å²) in [6, 6.07) is 0. The first-order valence-corrected chi connectivity index (χ1v) is 26.9. The first kappa shape index (κ1) is 56.1. The minimum Gasteiger partial charge on any atom is -0.394 e. The first-order chi connectivity index (χ1) is 35.0. The molecule has 1 spiro atoms. The van der Waals surface area contributed by atoms with Crippen LogP contribution in [0.3, 0.4) is 0 Å². The van der Waals surface area contributed by atoms with Gasteiger partial charge in [-0.2, -0.15) is 0 Å². The van der Waals surface area contributed by atoms with E-state index in [1.807, 2.05) is 6.92 Å². The van der Waals surface area contributed by atoms with Crippen molar-refractivity contribution < 1.29 is 114 Å². The fourth-order valence-electron chi connectivity index (χ4n) is 15.6. The standard InChI is InChI=1S/C51H82O23/c1-18-17-65-51(44(64)31(18)54)19(2)30-27(74-51)14-26-24-8-7-22-13-23(9-11-49(22,5)25(24)10-12-50(26,30)6)68-48-43(73-45-38(61)35(58)32(55)20(3)66-45)42(34(57)29(16-53)70-48)72-46-40(63)37(60)41(21(4)67-46)71-47-39(62)36(59)33(56)28(15-52)69-47/h7,18-21,23-48,52-64H,8-17H2,1-6H3/t18-,19-,20+,21+,23-,24+,25-,26-,27-,28-,29-,30-,31-,32+,33-,34-,35-,36+,37+,38-,39-,40-,41+,42+,43-,44-,45+,46+,47+,48-,49-,50-,51+/m1/s1. The number of rotatable bonds is 10. The summed E-state index contributed by atoms with van der Waals surface area (Å²) in [7, 11) is 0. The first-order valence-electron chi connectivity index (χ1n) is 26.9. The van der Waals surface area contributed by atoms with E-state index in [1.54, 1.807) is 0 Å². The van der Waals surface area contributed by atoms with Crippen LogP contribution in [-0.2, 0) is 47.4 Å². The largest absolute Gasteiger partial charge is 0.394 e. The topological polar surface area (TPSA) is 355 Å². The van der Waals surface area contributed by atoms with Crippen LogP contribution < -0.4 is 0 Å². The molecule has 23 nitrogen and oxygen atoms in total. The molecule has 0 radical (unpaired) electrons. The van der Waals surface area contributed by atoms with Gasteiger partial charge < -0.3 is 114 Å². The average Bonchev–Trinajstić information content (AvgIpc) is 3.84. The minimum atomic E-state index is -1.94. The Hall–Kier alpha value is -1.18. The van der Waals surface area contributed by atoms with Crippen LogP contribution in [0.4, 0.5) is 0 Å². The van der Waals surface area contributed by atoms with Crippen LogP contribution in [0, 0.1) is 46.3 Å². The summed E-state index contributed by atoms with van der Waals surface area (Å²) in [5.41, 5.74) is 1.01. The van der Waals surface area contributed by atoms with Crippen LogP contribution in [0.15, 0.2) is 11.6 Å². The number of allylic oxidation sites excluding steroid dienone is 1. The third-order valence-electron chi connectivity index (χ3n) is 20.0. The Morgan fingerprint density at radius 2 is 1.18 bits per heavy atom. The normalized spacial score (nSPS) is 58.6. The Morgan fingerprint density at radius 1 is 0.581 bits per heavy atom. The predicted octanol–water partition coefficient (Wildman–Crippen LogP) is -2.99. The van der Waals surface area contributed by atoms with E-state index in [1.165, 1.54) is 19.4 Å². The average molecular weight is 1060 g/mol. The van der Waals surface area contributed by atoms with Crippen molar-refractivity contribution >= 4 is 0 Å². The third-order valence-corrected chi connectivity index (χ3v) is 20.0. The Morgan fingerprint density at radius 3 is 1.86 bits per heavy atom. The highest BCUT2D eigenvalue weighted by atomic mass is 16.8. The van der Waals surface area contributed by atoms with Crippen molar-refractivity contribution in [3.63, 3.8) is 0 Å². The number of fused-ring (bicyclic) bond motifs is 7. The van der Waals surface area contributed by atoms with Gasteiger partial charge in [-0.1, -0.05) is 39.3 Å². The lowest BCUT2D eigenvalue weighted by molar-refractivity contribution is -0.398. The highest BCUT2D eigenvalue weighted by Crippen LogP contribution is 2.71. The molecule has 0 bridgehead atoms. The van der Waals surface area contributed by atoms with Crippen LogP contribution in [-0.4, -0.2) is 239 Å². The molecule has 23 heteroatoms. The van der Waals surface area contributed by atoms with Crippen molar-refractivity contribution in [3.8, 4) is 0 Å². The lowest BCUT2D eigenvalue weighted by Crippen LogP contribution is -2.67. The van der Waals surface area contributed by atoms with E-state index in [0.29, 0.717) is 37.2 Å². The number of aliphatic hydroxyl groups is 13. The Balaban J connectivity index is 0.861. The quantitative estimate of drug-likeness (QED) is 0.0970. The van der Waals surface area contributed by atoms with Crippen molar-refractivity contribution in [2.75, 3.05) is 19.8 Å². The summed E-state index contributed by atoms with van der Waals surface area (Å²) in [5, 5.41) is 141. The molecule has 0 unspecified atom stereocenters. The second-order valence-corrected chi connectivity index (χ2v) is 24.0. The maximum atomic E-state index is 11.8. The number of hydrogen-bond donors (Lipinski definition) is 13. The fourth-order valence-corrected chi connectivity index (χ4v) is 15.6. The van der Waals surface area contributed by atoms with Gasteiger partial charge >= 0.3 is 0 Å². The maximum absolute atomic E-state index is 11.8. The van der Waals surface area contributed by atoms with Crippen molar-refractivity contribution in [1.29, 1.82) is 0 Å². The van der Waals surface area contributed by atoms with Crippen LogP contribution in [0.1, 0.15) is 86.5 Å². The molecular weight excluding hydrogens is 981 g/mol. The lowest BCUT2D eigenvalue weighted by atomic mass is 9.47. The molecule has 3 saturated carbocycles. The predicted molar refractivity (Wildman–Crippen MR) is 248 cm³/mol. The molecule has 6 heterocycles. The van der Waals surface area contributed by atoms with Crippen molar-refractivity contribution in [2.45, 2.75) is 240 Å². The van der Waals surface area contributed by atoms with Gasteiger partial charge in [0.15, 0.2) is 30.9 Å².